The first kappa shape index (κ1) is 24.7. The van der Waals surface area contributed by atoms with Gasteiger partial charge >= 0.3 is 0 Å². The minimum atomic E-state index is -0.266. The molecule has 2 heterocycles. The van der Waals surface area contributed by atoms with E-state index in [1.54, 1.807) is 21.3 Å². The highest BCUT2D eigenvalue weighted by Crippen LogP contribution is 2.43. The average Bonchev–Trinajstić information content (AvgIpc) is 3.31. The summed E-state index contributed by atoms with van der Waals surface area (Å²) < 4.78 is 24.2. The SMILES string of the molecule is COc1cc(-c2nnc(SC(C)C(=O)N3CCOCC3)n2C2CCCCC2)cc(OC)c1OC. The molecule has 186 valence electrons. The number of benzene rings is 1. The van der Waals surface area contributed by atoms with E-state index in [1.165, 1.54) is 31.0 Å². The van der Waals surface area contributed by atoms with Crippen molar-refractivity contribution in [2.24, 2.45) is 0 Å². The molecule has 0 radical (unpaired) electrons. The molecule has 4 rings (SSSR count). The van der Waals surface area contributed by atoms with Crippen LogP contribution in [0.1, 0.15) is 45.1 Å². The number of thioether (sulfide) groups is 1. The zero-order valence-corrected chi connectivity index (χ0v) is 21.2. The highest BCUT2D eigenvalue weighted by Gasteiger charge is 2.29. The van der Waals surface area contributed by atoms with Gasteiger partial charge in [-0.3, -0.25) is 9.36 Å². The maximum atomic E-state index is 13.0. The Morgan fingerprint density at radius 1 is 1.03 bits per heavy atom. The topological polar surface area (TPSA) is 87.9 Å². The zero-order chi connectivity index (χ0) is 24.1. The van der Waals surface area contributed by atoms with Crippen molar-refractivity contribution in [3.8, 4) is 28.6 Å². The molecule has 2 fully saturated rings. The van der Waals surface area contributed by atoms with Gasteiger partial charge in [0.1, 0.15) is 0 Å². The number of ether oxygens (including phenoxy) is 4. The van der Waals surface area contributed by atoms with Crippen LogP contribution in [-0.2, 0) is 9.53 Å². The Hall–Kier alpha value is -2.46. The molecular formula is C24H34N4O5S. The Kier molecular flexibility index (Phi) is 8.20. The third-order valence-electron chi connectivity index (χ3n) is 6.48. The van der Waals surface area contributed by atoms with E-state index in [2.05, 4.69) is 14.8 Å². The molecule has 1 aromatic heterocycles. The molecule has 2 aromatic rings. The van der Waals surface area contributed by atoms with Crippen molar-refractivity contribution >= 4 is 17.7 Å². The number of aromatic nitrogens is 3. The number of amides is 1. The van der Waals surface area contributed by atoms with Gasteiger partial charge in [0.15, 0.2) is 22.5 Å². The number of methoxy groups -OCH3 is 3. The first-order valence-electron chi connectivity index (χ1n) is 11.9. The van der Waals surface area contributed by atoms with Gasteiger partial charge in [0.25, 0.3) is 0 Å². The molecule has 0 N–H and O–H groups in total. The van der Waals surface area contributed by atoms with Crippen molar-refractivity contribution < 1.29 is 23.7 Å². The molecule has 0 spiro atoms. The Morgan fingerprint density at radius 2 is 1.68 bits per heavy atom. The number of carbonyl (C=O) groups is 1. The molecule has 9 nitrogen and oxygen atoms in total. The highest BCUT2D eigenvalue weighted by molar-refractivity contribution is 8.00. The minimum absolute atomic E-state index is 0.112. The molecule has 1 aliphatic heterocycles. The molecule has 0 bridgehead atoms. The number of carbonyl (C=O) groups excluding carboxylic acids is 1. The lowest BCUT2D eigenvalue weighted by molar-refractivity contribution is -0.134. The fourth-order valence-electron chi connectivity index (χ4n) is 4.68. The summed E-state index contributed by atoms with van der Waals surface area (Å²) in [6.45, 7) is 4.40. The van der Waals surface area contributed by atoms with Gasteiger partial charge in [-0.2, -0.15) is 0 Å². The lowest BCUT2D eigenvalue weighted by Crippen LogP contribution is -2.44. The molecule has 1 unspecified atom stereocenters. The van der Waals surface area contributed by atoms with E-state index in [1.807, 2.05) is 24.0 Å². The van der Waals surface area contributed by atoms with Gasteiger partial charge in [0, 0.05) is 24.7 Å². The minimum Gasteiger partial charge on any atom is -0.493 e. The summed E-state index contributed by atoms with van der Waals surface area (Å²) in [5.41, 5.74) is 0.839. The fourth-order valence-corrected chi connectivity index (χ4v) is 5.69. The van der Waals surface area contributed by atoms with Crippen LogP contribution < -0.4 is 14.2 Å². The van der Waals surface area contributed by atoms with Crippen LogP contribution in [0.5, 0.6) is 17.2 Å². The molecule has 1 aliphatic carbocycles. The Labute approximate surface area is 205 Å². The first-order chi connectivity index (χ1) is 16.6. The van der Waals surface area contributed by atoms with Crippen molar-refractivity contribution in [1.29, 1.82) is 0 Å². The number of nitrogens with zero attached hydrogens (tertiary/aromatic N) is 4. The van der Waals surface area contributed by atoms with E-state index < -0.39 is 0 Å². The molecule has 1 saturated carbocycles. The second kappa shape index (κ2) is 11.3. The quantitative estimate of drug-likeness (QED) is 0.516. The van der Waals surface area contributed by atoms with E-state index in [0.29, 0.717) is 43.6 Å². The van der Waals surface area contributed by atoms with Gasteiger partial charge in [-0.05, 0) is 31.9 Å². The summed E-state index contributed by atoms with van der Waals surface area (Å²) >= 11 is 1.48. The first-order valence-corrected chi connectivity index (χ1v) is 12.7. The summed E-state index contributed by atoms with van der Waals surface area (Å²) in [6.07, 6.45) is 5.71. The van der Waals surface area contributed by atoms with Crippen LogP contribution in [0.3, 0.4) is 0 Å². The summed E-state index contributed by atoms with van der Waals surface area (Å²) in [5, 5.41) is 9.65. The maximum Gasteiger partial charge on any atom is 0.236 e. The van der Waals surface area contributed by atoms with Crippen molar-refractivity contribution in [2.45, 2.75) is 55.5 Å². The van der Waals surface area contributed by atoms with Crippen LogP contribution in [0.25, 0.3) is 11.4 Å². The van der Waals surface area contributed by atoms with Crippen molar-refractivity contribution in [3.05, 3.63) is 12.1 Å². The van der Waals surface area contributed by atoms with Crippen LogP contribution in [0.4, 0.5) is 0 Å². The Bertz CT molecular complexity index is 961. The molecule has 2 aliphatic rings. The Balaban J connectivity index is 1.69. The third kappa shape index (κ3) is 5.12. The summed E-state index contributed by atoms with van der Waals surface area (Å²) in [6, 6.07) is 4.09. The predicted molar refractivity (Wildman–Crippen MR) is 130 cm³/mol. The number of hydrogen-bond acceptors (Lipinski definition) is 8. The molecule has 10 heteroatoms. The molecule has 1 amide bonds. The van der Waals surface area contributed by atoms with E-state index in [-0.39, 0.29) is 17.2 Å². The van der Waals surface area contributed by atoms with E-state index in [9.17, 15) is 4.79 Å². The monoisotopic (exact) mass is 490 g/mol. The van der Waals surface area contributed by atoms with Crippen molar-refractivity contribution in [2.75, 3.05) is 47.6 Å². The van der Waals surface area contributed by atoms with E-state index >= 15 is 0 Å². The van der Waals surface area contributed by atoms with E-state index in [4.69, 9.17) is 18.9 Å². The molecular weight excluding hydrogens is 456 g/mol. The van der Waals surface area contributed by atoms with Crippen molar-refractivity contribution in [1.82, 2.24) is 19.7 Å². The van der Waals surface area contributed by atoms with E-state index in [0.717, 1.165) is 29.4 Å². The van der Waals surface area contributed by atoms with Gasteiger partial charge in [-0.25, -0.2) is 0 Å². The largest absolute Gasteiger partial charge is 0.493 e. The second-order valence-corrected chi connectivity index (χ2v) is 9.89. The van der Waals surface area contributed by atoms with Gasteiger partial charge in [-0.15, -0.1) is 10.2 Å². The smallest absolute Gasteiger partial charge is 0.236 e. The van der Waals surface area contributed by atoms with Crippen LogP contribution >= 0.6 is 11.8 Å². The van der Waals surface area contributed by atoms with Crippen LogP contribution in [0, 0.1) is 0 Å². The number of rotatable bonds is 8. The average molecular weight is 491 g/mol. The normalized spacial score (nSPS) is 17.9. The third-order valence-corrected chi connectivity index (χ3v) is 7.52. The zero-order valence-electron chi connectivity index (χ0n) is 20.4. The molecule has 1 saturated heterocycles. The second-order valence-electron chi connectivity index (χ2n) is 8.58. The van der Waals surface area contributed by atoms with Gasteiger partial charge in [0.05, 0.1) is 39.8 Å². The van der Waals surface area contributed by atoms with Gasteiger partial charge in [0.2, 0.25) is 11.7 Å². The van der Waals surface area contributed by atoms with Crippen molar-refractivity contribution in [3.63, 3.8) is 0 Å². The summed E-state index contributed by atoms with van der Waals surface area (Å²) in [7, 11) is 4.80. The van der Waals surface area contributed by atoms with Crippen LogP contribution in [0.15, 0.2) is 17.3 Å². The van der Waals surface area contributed by atoms with Gasteiger partial charge in [-0.1, -0.05) is 31.0 Å². The molecule has 1 aromatic carbocycles. The summed E-state index contributed by atoms with van der Waals surface area (Å²) in [4.78, 5) is 14.9. The number of hydrogen-bond donors (Lipinski definition) is 0. The molecule has 34 heavy (non-hydrogen) atoms. The number of morpholine rings is 1. The molecule has 1 atom stereocenters. The lowest BCUT2D eigenvalue weighted by atomic mass is 9.95. The summed E-state index contributed by atoms with van der Waals surface area (Å²) in [5.74, 6) is 2.54. The maximum absolute atomic E-state index is 13.0. The van der Waals surface area contributed by atoms with Crippen LogP contribution in [0.2, 0.25) is 0 Å². The highest BCUT2D eigenvalue weighted by atomic mass is 32.2. The van der Waals surface area contributed by atoms with Crippen LogP contribution in [-0.4, -0.2) is 78.5 Å². The lowest BCUT2D eigenvalue weighted by Gasteiger charge is -2.29. The fraction of sp³-hybridized carbons (Fsp3) is 0.625. The standard InChI is InChI=1S/C24H34N4O5S/c1-16(23(29)27-10-12-33-13-11-27)34-24-26-25-22(28(24)18-8-6-5-7-9-18)17-14-19(30-2)21(32-4)20(15-17)31-3/h14-16,18H,5-13H2,1-4H3. The predicted octanol–water partition coefficient (Wildman–Crippen LogP) is 3.82. The Morgan fingerprint density at radius 3 is 2.26 bits per heavy atom. The van der Waals surface area contributed by atoms with Gasteiger partial charge < -0.3 is 23.8 Å².